The zero-order valence-corrected chi connectivity index (χ0v) is 13.0. The van der Waals surface area contributed by atoms with Gasteiger partial charge in [-0.1, -0.05) is 5.16 Å². The van der Waals surface area contributed by atoms with E-state index in [0.717, 1.165) is 30.0 Å². The van der Waals surface area contributed by atoms with Crippen LogP contribution in [0.2, 0.25) is 0 Å². The van der Waals surface area contributed by atoms with E-state index in [-0.39, 0.29) is 11.9 Å². The van der Waals surface area contributed by atoms with Crippen LogP contribution in [0.5, 0.6) is 0 Å². The number of carbonyl (C=O) groups is 1. The van der Waals surface area contributed by atoms with Gasteiger partial charge in [0.05, 0.1) is 0 Å². The summed E-state index contributed by atoms with van der Waals surface area (Å²) >= 11 is 0. The van der Waals surface area contributed by atoms with E-state index >= 15 is 0 Å². The molecular weight excluding hydrogens is 280 g/mol. The van der Waals surface area contributed by atoms with Crippen molar-refractivity contribution in [1.29, 1.82) is 0 Å². The molecule has 1 fully saturated rings. The molecule has 0 unspecified atom stereocenters. The minimum absolute atomic E-state index is 0.00698. The minimum atomic E-state index is -0.0589. The first-order chi connectivity index (χ1) is 10.5. The Bertz CT molecular complexity index is 661. The van der Waals surface area contributed by atoms with Gasteiger partial charge in [-0.25, -0.2) is 0 Å². The van der Waals surface area contributed by atoms with Crippen LogP contribution in [-0.2, 0) is 4.79 Å². The van der Waals surface area contributed by atoms with E-state index in [2.05, 4.69) is 15.5 Å². The zero-order valence-electron chi connectivity index (χ0n) is 13.0. The minimum Gasteiger partial charge on any atom is -0.374 e. The Morgan fingerprint density at radius 3 is 2.64 bits per heavy atom. The number of nitrogens with zero attached hydrogens (tertiary/aromatic N) is 3. The monoisotopic (exact) mass is 300 g/mol. The molecule has 3 rings (SSSR count). The van der Waals surface area contributed by atoms with Crippen molar-refractivity contribution in [3.63, 3.8) is 0 Å². The Morgan fingerprint density at radius 2 is 2.05 bits per heavy atom. The first-order valence-corrected chi connectivity index (χ1v) is 7.49. The molecule has 1 saturated carbocycles. The molecule has 22 heavy (non-hydrogen) atoms. The van der Waals surface area contributed by atoms with E-state index in [9.17, 15) is 4.79 Å². The number of anilines is 2. The van der Waals surface area contributed by atoms with Gasteiger partial charge in [0.2, 0.25) is 11.8 Å². The molecule has 0 aliphatic heterocycles. The van der Waals surface area contributed by atoms with Crippen molar-refractivity contribution in [1.82, 2.24) is 10.1 Å². The lowest BCUT2D eigenvalue weighted by Crippen LogP contribution is -2.22. The van der Waals surface area contributed by atoms with Gasteiger partial charge in [0, 0.05) is 31.3 Å². The second-order valence-corrected chi connectivity index (χ2v) is 5.76. The van der Waals surface area contributed by atoms with Crippen molar-refractivity contribution in [3.8, 4) is 0 Å². The molecule has 1 aliphatic carbocycles. The van der Waals surface area contributed by atoms with E-state index in [1.807, 2.05) is 31.2 Å². The van der Waals surface area contributed by atoms with Crippen LogP contribution in [0.4, 0.5) is 11.4 Å². The second-order valence-electron chi connectivity index (χ2n) is 5.76. The average Bonchev–Trinajstić information content (AvgIpc) is 3.24. The lowest BCUT2D eigenvalue weighted by Gasteiger charge is -2.16. The Labute approximate surface area is 129 Å². The predicted octanol–water partition coefficient (Wildman–Crippen LogP) is 3.10. The van der Waals surface area contributed by atoms with Crippen LogP contribution >= 0.6 is 0 Å². The fourth-order valence-corrected chi connectivity index (χ4v) is 2.21. The molecule has 2 aromatic rings. The van der Waals surface area contributed by atoms with Gasteiger partial charge >= 0.3 is 0 Å². The number of nitrogens with one attached hydrogen (secondary N) is 1. The predicted molar refractivity (Wildman–Crippen MR) is 83.8 cm³/mol. The highest BCUT2D eigenvalue weighted by Crippen LogP contribution is 2.38. The van der Waals surface area contributed by atoms with Crippen molar-refractivity contribution < 1.29 is 9.32 Å². The average molecular weight is 300 g/mol. The van der Waals surface area contributed by atoms with Crippen LogP contribution in [-0.4, -0.2) is 23.1 Å². The first kappa shape index (κ1) is 14.6. The maximum atomic E-state index is 11.3. The summed E-state index contributed by atoms with van der Waals surface area (Å²) < 4.78 is 5.32. The van der Waals surface area contributed by atoms with Crippen LogP contribution in [0.1, 0.15) is 50.4 Å². The highest BCUT2D eigenvalue weighted by atomic mass is 16.5. The van der Waals surface area contributed by atoms with Gasteiger partial charge in [-0.3, -0.25) is 4.79 Å². The number of carbonyl (C=O) groups excluding carboxylic acids is 1. The summed E-state index contributed by atoms with van der Waals surface area (Å²) in [6.07, 6.45) is 2.32. The maximum absolute atomic E-state index is 11.3. The number of benzene rings is 1. The van der Waals surface area contributed by atoms with Gasteiger partial charge in [0.1, 0.15) is 6.04 Å². The molecule has 1 amide bonds. The summed E-state index contributed by atoms with van der Waals surface area (Å²) in [6, 6.07) is 7.61. The Kier molecular flexibility index (Phi) is 3.83. The van der Waals surface area contributed by atoms with Gasteiger partial charge in [-0.2, -0.15) is 4.98 Å². The Hall–Kier alpha value is -2.37. The van der Waals surface area contributed by atoms with Crippen LogP contribution < -0.4 is 10.2 Å². The van der Waals surface area contributed by atoms with E-state index in [4.69, 9.17) is 4.52 Å². The third kappa shape index (κ3) is 3.10. The van der Waals surface area contributed by atoms with Crippen LogP contribution in [0.15, 0.2) is 28.8 Å². The second kappa shape index (κ2) is 5.79. The number of hydrogen-bond acceptors (Lipinski definition) is 5. The van der Waals surface area contributed by atoms with E-state index in [1.165, 1.54) is 0 Å². The zero-order chi connectivity index (χ0) is 15.7. The van der Waals surface area contributed by atoms with Gasteiger partial charge in [-0.05, 0) is 44.0 Å². The molecule has 1 N–H and O–H groups in total. The lowest BCUT2D eigenvalue weighted by atomic mass is 10.2. The van der Waals surface area contributed by atoms with Crippen LogP contribution in [0, 0.1) is 0 Å². The van der Waals surface area contributed by atoms with Crippen LogP contribution in [0.25, 0.3) is 0 Å². The summed E-state index contributed by atoms with van der Waals surface area (Å²) in [5, 5.41) is 7.35. The van der Waals surface area contributed by atoms with E-state index in [1.54, 1.807) is 18.9 Å². The van der Waals surface area contributed by atoms with Gasteiger partial charge < -0.3 is 14.7 Å². The third-order valence-electron chi connectivity index (χ3n) is 3.88. The van der Waals surface area contributed by atoms with Crippen molar-refractivity contribution in [3.05, 3.63) is 36.0 Å². The fourth-order valence-electron chi connectivity index (χ4n) is 2.21. The largest absolute Gasteiger partial charge is 0.374 e. The summed E-state index contributed by atoms with van der Waals surface area (Å²) in [4.78, 5) is 17.4. The summed E-state index contributed by atoms with van der Waals surface area (Å²) in [7, 11) is 1.76. The van der Waals surface area contributed by atoms with Gasteiger partial charge in [-0.15, -0.1) is 0 Å². The third-order valence-corrected chi connectivity index (χ3v) is 3.88. The molecule has 1 aromatic carbocycles. The van der Waals surface area contributed by atoms with E-state index < -0.39 is 0 Å². The molecule has 1 heterocycles. The quantitative estimate of drug-likeness (QED) is 0.918. The molecule has 0 radical (unpaired) electrons. The SMILES string of the molecule is CC(=O)N(C)c1ccc(N[C@@H](C)c2nc(C3CC3)no2)cc1. The summed E-state index contributed by atoms with van der Waals surface area (Å²) in [6.45, 7) is 3.53. The lowest BCUT2D eigenvalue weighted by molar-refractivity contribution is -0.116. The van der Waals surface area contributed by atoms with Crippen LogP contribution in [0.3, 0.4) is 0 Å². The maximum Gasteiger partial charge on any atom is 0.248 e. The number of rotatable bonds is 5. The van der Waals surface area contributed by atoms with E-state index in [0.29, 0.717) is 11.8 Å². The molecule has 6 nitrogen and oxygen atoms in total. The highest BCUT2D eigenvalue weighted by molar-refractivity contribution is 5.91. The number of hydrogen-bond donors (Lipinski definition) is 1. The summed E-state index contributed by atoms with van der Waals surface area (Å²) in [5.41, 5.74) is 1.80. The molecule has 6 heteroatoms. The molecule has 0 saturated heterocycles. The normalized spacial score (nSPS) is 15.4. The van der Waals surface area contributed by atoms with Crippen molar-refractivity contribution in [2.45, 2.75) is 38.6 Å². The number of aromatic nitrogens is 2. The molecule has 1 aromatic heterocycles. The number of amides is 1. The first-order valence-electron chi connectivity index (χ1n) is 7.49. The van der Waals surface area contributed by atoms with Crippen molar-refractivity contribution in [2.75, 3.05) is 17.3 Å². The van der Waals surface area contributed by atoms with Crippen molar-refractivity contribution in [2.24, 2.45) is 0 Å². The standard InChI is InChI=1S/C16H20N4O2/c1-10(16-18-15(19-22-16)12-4-5-12)17-13-6-8-14(9-7-13)20(3)11(2)21/h6-10,12,17H,4-5H2,1-3H3/t10-/m0/s1. The van der Waals surface area contributed by atoms with Crippen molar-refractivity contribution >= 4 is 17.3 Å². The Morgan fingerprint density at radius 1 is 1.36 bits per heavy atom. The van der Waals surface area contributed by atoms with Gasteiger partial charge in [0.25, 0.3) is 0 Å². The molecule has 1 atom stereocenters. The van der Waals surface area contributed by atoms with Gasteiger partial charge in [0.15, 0.2) is 5.82 Å². The Balaban J connectivity index is 1.65. The fraction of sp³-hybridized carbons (Fsp3) is 0.438. The smallest absolute Gasteiger partial charge is 0.248 e. The molecular formula is C16H20N4O2. The molecule has 116 valence electrons. The molecule has 0 spiro atoms. The summed E-state index contributed by atoms with van der Waals surface area (Å²) in [5.74, 6) is 1.92. The molecule has 0 bridgehead atoms. The molecule has 1 aliphatic rings. The topological polar surface area (TPSA) is 71.3 Å². The highest BCUT2D eigenvalue weighted by Gasteiger charge is 2.29.